The third kappa shape index (κ3) is 2.84. The SMILES string of the molecule is C/C(=C\C(=O)N1C[C@@H]2COCC[C@]2(C(N)=O)C1)c1cnccn1. The largest absolute Gasteiger partial charge is 0.381 e. The summed E-state index contributed by atoms with van der Waals surface area (Å²) in [4.78, 5) is 34.4. The smallest absolute Gasteiger partial charge is 0.246 e. The van der Waals surface area contributed by atoms with E-state index in [1.165, 1.54) is 6.08 Å². The highest BCUT2D eigenvalue weighted by Gasteiger charge is 2.53. The molecule has 2 N–H and O–H groups in total. The molecule has 7 heteroatoms. The lowest BCUT2D eigenvalue weighted by molar-refractivity contribution is -0.136. The van der Waals surface area contributed by atoms with Crippen LogP contribution in [-0.2, 0) is 14.3 Å². The minimum absolute atomic E-state index is 0.0251. The molecule has 2 saturated heterocycles. The summed E-state index contributed by atoms with van der Waals surface area (Å²) in [5, 5.41) is 0. The zero-order chi connectivity index (χ0) is 16.4. The average molecular weight is 316 g/mol. The Hall–Kier alpha value is -2.28. The van der Waals surface area contributed by atoms with E-state index in [0.29, 0.717) is 38.4 Å². The molecular weight excluding hydrogens is 296 g/mol. The molecular formula is C16H20N4O3. The van der Waals surface area contributed by atoms with Crippen molar-refractivity contribution in [2.45, 2.75) is 13.3 Å². The first kappa shape index (κ1) is 15.6. The van der Waals surface area contributed by atoms with E-state index in [0.717, 1.165) is 5.57 Å². The summed E-state index contributed by atoms with van der Waals surface area (Å²) in [6.45, 7) is 3.65. The normalized spacial score (nSPS) is 27.6. The van der Waals surface area contributed by atoms with Crippen molar-refractivity contribution < 1.29 is 14.3 Å². The maximum Gasteiger partial charge on any atom is 0.246 e. The average Bonchev–Trinajstić information content (AvgIpc) is 2.97. The third-order valence-electron chi connectivity index (χ3n) is 4.82. The number of primary amides is 1. The summed E-state index contributed by atoms with van der Waals surface area (Å²) >= 11 is 0. The standard InChI is InChI=1S/C16H20N4O3/c1-11(13-7-18-3-4-19-13)6-14(21)20-8-12-9-23-5-2-16(12,10-20)15(17)22/h3-4,6-7,12H,2,5,8-10H2,1H3,(H2,17,22)/b11-6+/t12-,16+/m1/s1. The summed E-state index contributed by atoms with van der Waals surface area (Å²) in [6.07, 6.45) is 6.89. The highest BCUT2D eigenvalue weighted by atomic mass is 16.5. The van der Waals surface area contributed by atoms with Gasteiger partial charge in [0.1, 0.15) is 0 Å². The maximum atomic E-state index is 12.5. The molecule has 0 aliphatic carbocycles. The van der Waals surface area contributed by atoms with Gasteiger partial charge < -0.3 is 15.4 Å². The molecule has 7 nitrogen and oxygen atoms in total. The quantitative estimate of drug-likeness (QED) is 0.805. The lowest BCUT2D eigenvalue weighted by Gasteiger charge is -2.34. The second-order valence-electron chi connectivity index (χ2n) is 6.18. The molecule has 2 fully saturated rings. The molecule has 3 rings (SSSR count). The van der Waals surface area contributed by atoms with E-state index < -0.39 is 5.41 Å². The number of aromatic nitrogens is 2. The second kappa shape index (κ2) is 6.08. The van der Waals surface area contributed by atoms with E-state index in [2.05, 4.69) is 9.97 Å². The molecule has 3 heterocycles. The molecule has 0 spiro atoms. The molecule has 0 radical (unpaired) electrons. The first-order chi connectivity index (χ1) is 11.0. The second-order valence-corrected chi connectivity index (χ2v) is 6.18. The fourth-order valence-electron chi connectivity index (χ4n) is 3.37. The van der Waals surface area contributed by atoms with Crippen molar-refractivity contribution in [3.05, 3.63) is 30.4 Å². The summed E-state index contributed by atoms with van der Waals surface area (Å²) in [5.41, 5.74) is 6.38. The Balaban J connectivity index is 1.78. The number of hydrogen-bond donors (Lipinski definition) is 1. The number of nitrogens with two attached hydrogens (primary N) is 1. The first-order valence-corrected chi connectivity index (χ1v) is 7.64. The van der Waals surface area contributed by atoms with Crippen molar-refractivity contribution >= 4 is 17.4 Å². The lowest BCUT2D eigenvalue weighted by atomic mass is 9.74. The maximum absolute atomic E-state index is 12.5. The fourth-order valence-corrected chi connectivity index (χ4v) is 3.37. The van der Waals surface area contributed by atoms with Gasteiger partial charge in [-0.2, -0.15) is 0 Å². The minimum Gasteiger partial charge on any atom is -0.381 e. The molecule has 0 unspecified atom stereocenters. The fraction of sp³-hybridized carbons (Fsp3) is 0.500. The van der Waals surface area contributed by atoms with Crippen LogP contribution in [0.15, 0.2) is 24.7 Å². The van der Waals surface area contributed by atoms with Crippen LogP contribution in [0, 0.1) is 11.3 Å². The number of amides is 2. The summed E-state index contributed by atoms with van der Waals surface area (Å²) in [6, 6.07) is 0. The predicted molar refractivity (Wildman–Crippen MR) is 82.8 cm³/mol. The highest BCUT2D eigenvalue weighted by molar-refractivity contribution is 5.95. The van der Waals surface area contributed by atoms with Crippen LogP contribution in [0.4, 0.5) is 0 Å². The molecule has 0 bridgehead atoms. The Bertz CT molecular complexity index is 646. The van der Waals surface area contributed by atoms with Crippen LogP contribution in [0.25, 0.3) is 5.57 Å². The molecule has 1 aromatic rings. The van der Waals surface area contributed by atoms with Crippen molar-refractivity contribution in [1.82, 2.24) is 14.9 Å². The van der Waals surface area contributed by atoms with Crippen LogP contribution < -0.4 is 5.73 Å². The van der Waals surface area contributed by atoms with Crippen LogP contribution in [0.5, 0.6) is 0 Å². The molecule has 1 aromatic heterocycles. The topological polar surface area (TPSA) is 98.4 Å². The lowest BCUT2D eigenvalue weighted by Crippen LogP contribution is -2.48. The van der Waals surface area contributed by atoms with Crippen molar-refractivity contribution in [2.24, 2.45) is 17.1 Å². The summed E-state index contributed by atoms with van der Waals surface area (Å²) in [5.74, 6) is -0.498. The summed E-state index contributed by atoms with van der Waals surface area (Å²) < 4.78 is 5.46. The van der Waals surface area contributed by atoms with Crippen LogP contribution in [0.1, 0.15) is 19.0 Å². The minimum atomic E-state index is -0.651. The van der Waals surface area contributed by atoms with Gasteiger partial charge in [-0.05, 0) is 18.9 Å². The van der Waals surface area contributed by atoms with Gasteiger partial charge in [0.2, 0.25) is 11.8 Å². The number of rotatable bonds is 3. The highest BCUT2D eigenvalue weighted by Crippen LogP contribution is 2.42. The summed E-state index contributed by atoms with van der Waals surface area (Å²) in [7, 11) is 0. The van der Waals surface area contributed by atoms with E-state index in [1.807, 2.05) is 6.92 Å². The van der Waals surface area contributed by atoms with Gasteiger partial charge in [-0.3, -0.25) is 19.6 Å². The number of hydrogen-bond acceptors (Lipinski definition) is 5. The van der Waals surface area contributed by atoms with Gasteiger partial charge in [-0.1, -0.05) is 0 Å². The molecule has 2 aliphatic rings. The number of carbonyl (C=O) groups is 2. The van der Waals surface area contributed by atoms with Gasteiger partial charge in [0, 0.05) is 44.1 Å². The molecule has 2 atom stereocenters. The zero-order valence-corrected chi connectivity index (χ0v) is 13.1. The van der Waals surface area contributed by atoms with Crippen molar-refractivity contribution in [1.29, 1.82) is 0 Å². The van der Waals surface area contributed by atoms with Crippen LogP contribution in [0.3, 0.4) is 0 Å². The number of carbonyl (C=O) groups excluding carboxylic acids is 2. The van der Waals surface area contributed by atoms with Gasteiger partial charge >= 0.3 is 0 Å². The molecule has 0 saturated carbocycles. The van der Waals surface area contributed by atoms with Crippen LogP contribution in [0.2, 0.25) is 0 Å². The third-order valence-corrected chi connectivity index (χ3v) is 4.82. The Labute approximate surface area is 134 Å². The van der Waals surface area contributed by atoms with Gasteiger partial charge in [-0.25, -0.2) is 0 Å². The van der Waals surface area contributed by atoms with E-state index >= 15 is 0 Å². The van der Waals surface area contributed by atoms with Gasteiger partial charge in [-0.15, -0.1) is 0 Å². The van der Waals surface area contributed by atoms with Crippen molar-refractivity contribution in [3.8, 4) is 0 Å². The molecule has 0 aromatic carbocycles. The van der Waals surface area contributed by atoms with E-state index in [9.17, 15) is 9.59 Å². The van der Waals surface area contributed by atoms with Crippen LogP contribution in [-0.4, -0.2) is 53.0 Å². The number of ether oxygens (including phenoxy) is 1. The van der Waals surface area contributed by atoms with E-state index in [-0.39, 0.29) is 17.7 Å². The predicted octanol–water partition coefficient (Wildman–Crippen LogP) is 0.230. The molecule has 23 heavy (non-hydrogen) atoms. The van der Waals surface area contributed by atoms with Crippen molar-refractivity contribution in [2.75, 3.05) is 26.3 Å². The van der Waals surface area contributed by atoms with Gasteiger partial charge in [0.15, 0.2) is 0 Å². The number of nitrogens with zero attached hydrogens (tertiary/aromatic N) is 3. The number of fused-ring (bicyclic) bond motifs is 1. The monoisotopic (exact) mass is 316 g/mol. The van der Waals surface area contributed by atoms with Crippen molar-refractivity contribution in [3.63, 3.8) is 0 Å². The van der Waals surface area contributed by atoms with Gasteiger partial charge in [0.05, 0.1) is 23.9 Å². The van der Waals surface area contributed by atoms with Crippen LogP contribution >= 0.6 is 0 Å². The van der Waals surface area contributed by atoms with E-state index in [4.69, 9.17) is 10.5 Å². The zero-order valence-electron chi connectivity index (χ0n) is 13.1. The van der Waals surface area contributed by atoms with E-state index in [1.54, 1.807) is 23.5 Å². The molecule has 2 amide bonds. The number of likely N-dealkylation sites (tertiary alicyclic amines) is 1. The number of allylic oxidation sites excluding steroid dienone is 1. The Morgan fingerprint density at radius 2 is 2.30 bits per heavy atom. The van der Waals surface area contributed by atoms with Gasteiger partial charge in [0.25, 0.3) is 0 Å². The Morgan fingerprint density at radius 3 is 2.96 bits per heavy atom. The molecule has 2 aliphatic heterocycles. The first-order valence-electron chi connectivity index (χ1n) is 7.64. The Kier molecular flexibility index (Phi) is 4.12. The Morgan fingerprint density at radius 1 is 1.48 bits per heavy atom. The molecule has 122 valence electrons.